The normalized spacial score (nSPS) is 15.4. The van der Waals surface area contributed by atoms with Crippen molar-refractivity contribution in [1.82, 2.24) is 4.98 Å². The van der Waals surface area contributed by atoms with Crippen molar-refractivity contribution >= 4 is 22.4 Å². The maximum absolute atomic E-state index is 11.4. The second-order valence-corrected chi connectivity index (χ2v) is 5.13. The van der Waals surface area contributed by atoms with Gasteiger partial charge in [0.1, 0.15) is 0 Å². The van der Waals surface area contributed by atoms with Crippen molar-refractivity contribution in [1.29, 1.82) is 0 Å². The molecule has 1 fully saturated rings. The number of carbonyl (C=O) groups excluding carboxylic acids is 1. The van der Waals surface area contributed by atoms with E-state index in [1.54, 1.807) is 12.3 Å². The molecule has 1 aliphatic carbocycles. The number of ether oxygens (including phenoxy) is 1. The Balaban J connectivity index is 1.75. The average Bonchev–Trinajstić information content (AvgIpc) is 2.71. The van der Waals surface area contributed by atoms with Crippen LogP contribution in [0.4, 0.5) is 5.13 Å². The summed E-state index contributed by atoms with van der Waals surface area (Å²) >= 11 is 1.46. The molecule has 94 valence electrons. The lowest BCUT2D eigenvalue weighted by Gasteiger charge is -2.24. The fourth-order valence-electron chi connectivity index (χ4n) is 1.82. The first-order valence-electron chi connectivity index (χ1n) is 6.16. The summed E-state index contributed by atoms with van der Waals surface area (Å²) in [6.45, 7) is 3.13. The van der Waals surface area contributed by atoms with E-state index in [1.807, 2.05) is 0 Å². The number of aromatic nitrogens is 1. The van der Waals surface area contributed by atoms with Gasteiger partial charge in [-0.05, 0) is 19.3 Å². The standard InChI is InChI=1S/C12H18N2O2S/c1-2-16-11(15)10-8-17-12(14-10)13-7-6-9-4-3-5-9/h8-9H,2-7H2,1H3,(H,13,14). The average molecular weight is 254 g/mol. The van der Waals surface area contributed by atoms with Gasteiger partial charge in [-0.25, -0.2) is 9.78 Å². The van der Waals surface area contributed by atoms with Crippen LogP contribution in [-0.4, -0.2) is 24.1 Å². The Morgan fingerprint density at radius 3 is 3.12 bits per heavy atom. The molecule has 0 bridgehead atoms. The zero-order valence-electron chi connectivity index (χ0n) is 10.1. The van der Waals surface area contributed by atoms with Crippen LogP contribution >= 0.6 is 11.3 Å². The Hall–Kier alpha value is -1.10. The molecule has 0 spiro atoms. The topological polar surface area (TPSA) is 51.2 Å². The van der Waals surface area contributed by atoms with Crippen molar-refractivity contribution in [3.05, 3.63) is 11.1 Å². The molecule has 1 aromatic heterocycles. The van der Waals surface area contributed by atoms with E-state index in [1.165, 1.54) is 37.0 Å². The number of anilines is 1. The lowest BCUT2D eigenvalue weighted by molar-refractivity contribution is 0.0520. The minimum absolute atomic E-state index is 0.337. The fraction of sp³-hybridized carbons (Fsp3) is 0.667. The van der Waals surface area contributed by atoms with E-state index in [4.69, 9.17) is 4.74 Å². The molecule has 0 atom stereocenters. The number of nitrogens with one attached hydrogen (secondary N) is 1. The van der Waals surface area contributed by atoms with Gasteiger partial charge in [0.2, 0.25) is 0 Å². The van der Waals surface area contributed by atoms with Crippen molar-refractivity contribution in [3.8, 4) is 0 Å². The van der Waals surface area contributed by atoms with Crippen LogP contribution in [0.3, 0.4) is 0 Å². The van der Waals surface area contributed by atoms with Crippen LogP contribution in [0.1, 0.15) is 43.1 Å². The predicted molar refractivity (Wildman–Crippen MR) is 68.5 cm³/mol. The summed E-state index contributed by atoms with van der Waals surface area (Å²) in [4.78, 5) is 15.6. The number of carbonyl (C=O) groups is 1. The number of nitrogens with zero attached hydrogens (tertiary/aromatic N) is 1. The summed E-state index contributed by atoms with van der Waals surface area (Å²) < 4.78 is 4.89. The molecule has 1 saturated carbocycles. The first-order valence-corrected chi connectivity index (χ1v) is 7.04. The molecule has 0 saturated heterocycles. The molecule has 0 aromatic carbocycles. The zero-order valence-corrected chi connectivity index (χ0v) is 10.9. The van der Waals surface area contributed by atoms with Crippen LogP contribution in [-0.2, 0) is 4.74 Å². The zero-order chi connectivity index (χ0) is 12.1. The van der Waals surface area contributed by atoms with Crippen molar-refractivity contribution < 1.29 is 9.53 Å². The van der Waals surface area contributed by atoms with Gasteiger partial charge >= 0.3 is 5.97 Å². The molecule has 1 aliphatic rings. The van der Waals surface area contributed by atoms with Crippen LogP contribution in [0.5, 0.6) is 0 Å². The minimum Gasteiger partial charge on any atom is -0.461 e. The molecule has 4 nitrogen and oxygen atoms in total. The van der Waals surface area contributed by atoms with Crippen LogP contribution in [0, 0.1) is 5.92 Å². The first kappa shape index (κ1) is 12.4. The third-order valence-corrected chi connectivity index (χ3v) is 3.84. The molecule has 0 amide bonds. The molecule has 0 radical (unpaired) electrons. The third kappa shape index (κ3) is 3.43. The maximum atomic E-state index is 11.4. The van der Waals surface area contributed by atoms with Gasteiger partial charge in [0.15, 0.2) is 10.8 Å². The van der Waals surface area contributed by atoms with Gasteiger partial charge in [0, 0.05) is 11.9 Å². The molecular weight excluding hydrogens is 236 g/mol. The number of hydrogen-bond acceptors (Lipinski definition) is 5. The Morgan fingerprint density at radius 2 is 2.47 bits per heavy atom. The summed E-state index contributed by atoms with van der Waals surface area (Å²) in [7, 11) is 0. The van der Waals surface area contributed by atoms with Gasteiger partial charge in [-0.3, -0.25) is 0 Å². The van der Waals surface area contributed by atoms with Gasteiger partial charge in [0.05, 0.1) is 6.61 Å². The lowest BCUT2D eigenvalue weighted by Crippen LogP contribution is -2.15. The summed E-state index contributed by atoms with van der Waals surface area (Å²) in [5.41, 5.74) is 0.406. The molecule has 17 heavy (non-hydrogen) atoms. The van der Waals surface area contributed by atoms with E-state index in [-0.39, 0.29) is 5.97 Å². The quantitative estimate of drug-likeness (QED) is 0.793. The van der Waals surface area contributed by atoms with Crippen molar-refractivity contribution in [3.63, 3.8) is 0 Å². The highest BCUT2D eigenvalue weighted by Crippen LogP contribution is 2.29. The highest BCUT2D eigenvalue weighted by Gasteiger charge is 2.17. The number of hydrogen-bond donors (Lipinski definition) is 1. The summed E-state index contributed by atoms with van der Waals surface area (Å²) in [6, 6.07) is 0. The Kier molecular flexibility index (Phi) is 4.36. The Labute approximate surface area is 105 Å². The van der Waals surface area contributed by atoms with Crippen LogP contribution in [0.25, 0.3) is 0 Å². The minimum atomic E-state index is -0.337. The fourth-order valence-corrected chi connectivity index (χ4v) is 2.53. The number of esters is 1. The van der Waals surface area contributed by atoms with E-state index < -0.39 is 0 Å². The SMILES string of the molecule is CCOC(=O)c1csc(NCCC2CCC2)n1. The second-order valence-electron chi connectivity index (χ2n) is 4.27. The van der Waals surface area contributed by atoms with E-state index in [9.17, 15) is 4.79 Å². The van der Waals surface area contributed by atoms with Crippen molar-refractivity contribution in [2.75, 3.05) is 18.5 Å². The summed E-state index contributed by atoms with van der Waals surface area (Å²) in [6.07, 6.45) is 5.32. The lowest BCUT2D eigenvalue weighted by atomic mass is 9.83. The van der Waals surface area contributed by atoms with Gasteiger partial charge in [0.25, 0.3) is 0 Å². The van der Waals surface area contributed by atoms with Gasteiger partial charge in [-0.2, -0.15) is 0 Å². The highest BCUT2D eigenvalue weighted by atomic mass is 32.1. The Bertz CT molecular complexity index is 374. The molecule has 1 aromatic rings. The van der Waals surface area contributed by atoms with Gasteiger partial charge < -0.3 is 10.1 Å². The van der Waals surface area contributed by atoms with E-state index in [0.717, 1.165) is 17.6 Å². The molecular formula is C12H18N2O2S. The molecule has 1 heterocycles. The monoisotopic (exact) mass is 254 g/mol. The second kappa shape index (κ2) is 6.00. The molecule has 5 heteroatoms. The van der Waals surface area contributed by atoms with E-state index in [0.29, 0.717) is 12.3 Å². The smallest absolute Gasteiger partial charge is 0.357 e. The van der Waals surface area contributed by atoms with Gasteiger partial charge in [-0.1, -0.05) is 19.3 Å². The van der Waals surface area contributed by atoms with Crippen molar-refractivity contribution in [2.45, 2.75) is 32.6 Å². The Morgan fingerprint density at radius 1 is 1.65 bits per heavy atom. The largest absolute Gasteiger partial charge is 0.461 e. The number of rotatable bonds is 6. The van der Waals surface area contributed by atoms with Crippen molar-refractivity contribution in [2.24, 2.45) is 5.92 Å². The third-order valence-electron chi connectivity index (χ3n) is 3.04. The molecule has 1 N–H and O–H groups in total. The maximum Gasteiger partial charge on any atom is 0.357 e. The number of thiazole rings is 1. The molecule has 2 rings (SSSR count). The van der Waals surface area contributed by atoms with Crippen LogP contribution < -0.4 is 5.32 Å². The van der Waals surface area contributed by atoms with Crippen LogP contribution in [0.15, 0.2) is 5.38 Å². The van der Waals surface area contributed by atoms with E-state index in [2.05, 4.69) is 10.3 Å². The molecule has 0 unspecified atom stereocenters. The molecule has 0 aliphatic heterocycles. The van der Waals surface area contributed by atoms with E-state index >= 15 is 0 Å². The summed E-state index contributed by atoms with van der Waals surface area (Å²) in [5.74, 6) is 0.558. The predicted octanol–water partition coefficient (Wildman–Crippen LogP) is 2.92. The van der Waals surface area contributed by atoms with Crippen LogP contribution in [0.2, 0.25) is 0 Å². The van der Waals surface area contributed by atoms with Gasteiger partial charge in [-0.15, -0.1) is 11.3 Å². The highest BCUT2D eigenvalue weighted by molar-refractivity contribution is 7.13. The first-order chi connectivity index (χ1) is 8.29. The summed E-state index contributed by atoms with van der Waals surface area (Å²) in [5, 5.41) is 5.81.